The molecule has 0 saturated carbocycles. The van der Waals surface area contributed by atoms with E-state index in [0.29, 0.717) is 25.6 Å². The fourth-order valence-electron chi connectivity index (χ4n) is 2.32. The van der Waals surface area contributed by atoms with Gasteiger partial charge in [0.05, 0.1) is 18.8 Å². The number of hydrogen-bond donors (Lipinski definition) is 1. The van der Waals surface area contributed by atoms with Crippen LogP contribution in [0.2, 0.25) is 0 Å². The Morgan fingerprint density at radius 3 is 3.05 bits per heavy atom. The van der Waals surface area contributed by atoms with Crippen molar-refractivity contribution in [3.8, 4) is 0 Å². The second kappa shape index (κ2) is 6.55. The number of rotatable bonds is 4. The van der Waals surface area contributed by atoms with Crippen molar-refractivity contribution in [2.45, 2.75) is 20.0 Å². The average molecular weight is 322 g/mol. The number of aryl methyl sites for hydroxylation is 2. The molecule has 8 heteroatoms. The van der Waals surface area contributed by atoms with Gasteiger partial charge in [-0.25, -0.2) is 4.98 Å². The zero-order chi connectivity index (χ0) is 15.5. The third kappa shape index (κ3) is 3.70. The molecule has 0 bridgehead atoms. The molecule has 1 atom stereocenters. The smallest absolute Gasteiger partial charge is 0.240 e. The molecule has 1 saturated heterocycles. The minimum Gasteiger partial charge on any atom is -0.368 e. The monoisotopic (exact) mass is 322 g/mol. The highest BCUT2D eigenvalue weighted by molar-refractivity contribution is 7.09. The first kappa shape index (κ1) is 15.1. The van der Waals surface area contributed by atoms with Crippen molar-refractivity contribution in [2.75, 3.05) is 31.6 Å². The lowest BCUT2D eigenvalue weighted by Crippen LogP contribution is -2.42. The van der Waals surface area contributed by atoms with Gasteiger partial charge in [0.2, 0.25) is 11.8 Å². The van der Waals surface area contributed by atoms with Gasteiger partial charge in [0.1, 0.15) is 11.1 Å². The maximum atomic E-state index is 12.0. The maximum Gasteiger partial charge on any atom is 0.240 e. The number of carbonyl (C=O) groups is 1. The summed E-state index contributed by atoms with van der Waals surface area (Å²) in [7, 11) is 0. The highest BCUT2D eigenvalue weighted by atomic mass is 32.1. The SMILES string of the molecule is Cc1cc(NC(=O)CN2CCO[C@H](c3nc(C)cs3)C2)on1. The Balaban J connectivity index is 1.54. The number of aromatic nitrogens is 2. The second-order valence-corrected chi connectivity index (χ2v) is 6.19. The van der Waals surface area contributed by atoms with E-state index in [-0.39, 0.29) is 12.0 Å². The Morgan fingerprint density at radius 2 is 2.36 bits per heavy atom. The Kier molecular flexibility index (Phi) is 4.51. The Hall–Kier alpha value is -1.77. The molecule has 1 N–H and O–H groups in total. The zero-order valence-electron chi connectivity index (χ0n) is 12.5. The molecule has 2 aromatic heterocycles. The molecule has 22 heavy (non-hydrogen) atoms. The molecule has 2 aromatic rings. The van der Waals surface area contributed by atoms with E-state index in [4.69, 9.17) is 9.26 Å². The number of amides is 1. The van der Waals surface area contributed by atoms with E-state index in [9.17, 15) is 4.79 Å². The molecule has 3 rings (SSSR count). The average Bonchev–Trinajstić information content (AvgIpc) is 3.08. The van der Waals surface area contributed by atoms with E-state index in [2.05, 4.69) is 20.4 Å². The Labute approximate surface area is 132 Å². The summed E-state index contributed by atoms with van der Waals surface area (Å²) in [5.74, 6) is 0.259. The minimum absolute atomic E-state index is 0.0622. The van der Waals surface area contributed by atoms with Crippen LogP contribution in [0.4, 0.5) is 5.88 Å². The minimum atomic E-state index is -0.118. The van der Waals surface area contributed by atoms with Crippen LogP contribution in [0.25, 0.3) is 0 Å². The van der Waals surface area contributed by atoms with Crippen molar-refractivity contribution in [3.63, 3.8) is 0 Å². The van der Waals surface area contributed by atoms with Crippen LogP contribution in [-0.4, -0.2) is 47.2 Å². The molecule has 0 unspecified atom stereocenters. The van der Waals surface area contributed by atoms with Gasteiger partial charge in [-0.2, -0.15) is 0 Å². The van der Waals surface area contributed by atoms with E-state index in [1.807, 2.05) is 19.2 Å². The first-order valence-corrected chi connectivity index (χ1v) is 7.97. The third-order valence-electron chi connectivity index (χ3n) is 3.32. The molecular formula is C14H18N4O3S. The normalized spacial score (nSPS) is 19.3. The van der Waals surface area contributed by atoms with Gasteiger partial charge in [-0.05, 0) is 13.8 Å². The molecule has 7 nitrogen and oxygen atoms in total. The number of anilines is 1. The van der Waals surface area contributed by atoms with Gasteiger partial charge in [-0.3, -0.25) is 15.0 Å². The molecule has 0 aliphatic carbocycles. The Bertz CT molecular complexity index is 654. The van der Waals surface area contributed by atoms with Gasteiger partial charge in [0, 0.05) is 30.2 Å². The largest absolute Gasteiger partial charge is 0.368 e. The molecule has 1 aliphatic heterocycles. The fourth-order valence-corrected chi connectivity index (χ4v) is 3.15. The number of nitrogens with one attached hydrogen (secondary N) is 1. The van der Waals surface area contributed by atoms with E-state index in [1.165, 1.54) is 0 Å². The molecule has 1 fully saturated rings. The lowest BCUT2D eigenvalue weighted by molar-refractivity contribution is -0.119. The van der Waals surface area contributed by atoms with Crippen molar-refractivity contribution >= 4 is 23.1 Å². The van der Waals surface area contributed by atoms with Crippen LogP contribution >= 0.6 is 11.3 Å². The number of ether oxygens (including phenoxy) is 1. The highest BCUT2D eigenvalue weighted by Gasteiger charge is 2.25. The number of morpholine rings is 1. The van der Waals surface area contributed by atoms with Crippen LogP contribution in [-0.2, 0) is 9.53 Å². The third-order valence-corrected chi connectivity index (χ3v) is 4.38. The van der Waals surface area contributed by atoms with Crippen LogP contribution in [0, 0.1) is 13.8 Å². The summed E-state index contributed by atoms with van der Waals surface area (Å²) in [4.78, 5) is 18.6. The first-order valence-electron chi connectivity index (χ1n) is 7.09. The summed E-state index contributed by atoms with van der Waals surface area (Å²) in [6, 6.07) is 1.69. The van der Waals surface area contributed by atoms with E-state index in [0.717, 1.165) is 22.9 Å². The van der Waals surface area contributed by atoms with Crippen LogP contribution in [0.1, 0.15) is 22.5 Å². The topological polar surface area (TPSA) is 80.5 Å². The molecule has 1 amide bonds. The maximum absolute atomic E-state index is 12.0. The summed E-state index contributed by atoms with van der Waals surface area (Å²) in [5, 5.41) is 9.42. The lowest BCUT2D eigenvalue weighted by Gasteiger charge is -2.31. The predicted octanol–water partition coefficient (Wildman–Crippen LogP) is 1.76. The van der Waals surface area contributed by atoms with Crippen LogP contribution in [0.5, 0.6) is 0 Å². The van der Waals surface area contributed by atoms with Gasteiger partial charge in [-0.1, -0.05) is 5.16 Å². The summed E-state index contributed by atoms with van der Waals surface area (Å²) in [5.41, 5.74) is 1.74. The van der Waals surface area contributed by atoms with Gasteiger partial charge in [0.15, 0.2) is 0 Å². The van der Waals surface area contributed by atoms with E-state index < -0.39 is 0 Å². The van der Waals surface area contributed by atoms with Crippen LogP contribution in [0.15, 0.2) is 16.0 Å². The number of thiazole rings is 1. The quantitative estimate of drug-likeness (QED) is 0.924. The van der Waals surface area contributed by atoms with Gasteiger partial charge >= 0.3 is 0 Å². The second-order valence-electron chi connectivity index (χ2n) is 5.30. The summed E-state index contributed by atoms with van der Waals surface area (Å²) < 4.78 is 10.7. The van der Waals surface area contributed by atoms with Gasteiger partial charge < -0.3 is 9.26 Å². The lowest BCUT2D eigenvalue weighted by atomic mass is 10.2. The van der Waals surface area contributed by atoms with Gasteiger partial charge in [-0.15, -0.1) is 11.3 Å². The number of hydrogen-bond acceptors (Lipinski definition) is 7. The molecule has 0 radical (unpaired) electrons. The standard InChI is InChI=1S/C14H18N4O3S/c1-9-5-13(21-17-9)16-12(19)7-18-3-4-20-11(6-18)14-15-10(2)8-22-14/h5,8,11H,3-4,6-7H2,1-2H3,(H,16,19)/t11-/m0/s1. The van der Waals surface area contributed by atoms with E-state index in [1.54, 1.807) is 17.4 Å². The van der Waals surface area contributed by atoms with E-state index >= 15 is 0 Å². The fraction of sp³-hybridized carbons (Fsp3) is 0.500. The molecule has 0 spiro atoms. The molecule has 0 aromatic carbocycles. The molecule has 3 heterocycles. The van der Waals surface area contributed by atoms with Crippen LogP contribution < -0.4 is 5.32 Å². The molecular weight excluding hydrogens is 304 g/mol. The Morgan fingerprint density at radius 1 is 1.50 bits per heavy atom. The molecule has 1 aliphatic rings. The van der Waals surface area contributed by atoms with Crippen LogP contribution in [0.3, 0.4) is 0 Å². The highest BCUT2D eigenvalue weighted by Crippen LogP contribution is 2.25. The van der Waals surface area contributed by atoms with Crippen molar-refractivity contribution in [2.24, 2.45) is 0 Å². The summed E-state index contributed by atoms with van der Waals surface area (Å²) in [6.45, 7) is 6.05. The van der Waals surface area contributed by atoms with Gasteiger partial charge in [0.25, 0.3) is 0 Å². The summed E-state index contributed by atoms with van der Waals surface area (Å²) >= 11 is 1.60. The number of nitrogens with zero attached hydrogens (tertiary/aromatic N) is 3. The zero-order valence-corrected chi connectivity index (χ0v) is 13.4. The number of carbonyl (C=O) groups excluding carboxylic acids is 1. The van der Waals surface area contributed by atoms with Crippen molar-refractivity contribution in [1.82, 2.24) is 15.0 Å². The van der Waals surface area contributed by atoms with Crippen molar-refractivity contribution < 1.29 is 14.1 Å². The summed E-state index contributed by atoms with van der Waals surface area (Å²) in [6.07, 6.45) is -0.0622. The molecule has 118 valence electrons. The van der Waals surface area contributed by atoms with Crippen molar-refractivity contribution in [3.05, 3.63) is 27.8 Å². The van der Waals surface area contributed by atoms with Crippen molar-refractivity contribution in [1.29, 1.82) is 0 Å². The predicted molar refractivity (Wildman–Crippen MR) is 81.9 cm³/mol. The first-order chi connectivity index (χ1) is 10.6.